The van der Waals surface area contributed by atoms with Crippen LogP contribution in [0.5, 0.6) is 0 Å². The molecule has 1 aliphatic heterocycles. The van der Waals surface area contributed by atoms with Crippen LogP contribution in [-0.2, 0) is 4.74 Å². The van der Waals surface area contributed by atoms with E-state index in [0.29, 0.717) is 22.5 Å². The highest BCUT2D eigenvalue weighted by molar-refractivity contribution is 7.22. The predicted octanol–water partition coefficient (Wildman–Crippen LogP) is 3.83. The van der Waals surface area contributed by atoms with E-state index in [-0.39, 0.29) is 5.91 Å². The fourth-order valence-corrected chi connectivity index (χ4v) is 4.29. The smallest absolute Gasteiger partial charge is 0.295 e. The Labute approximate surface area is 166 Å². The largest absolute Gasteiger partial charge is 0.459 e. The van der Waals surface area contributed by atoms with Crippen LogP contribution < -0.4 is 4.90 Å². The van der Waals surface area contributed by atoms with Crippen LogP contribution in [0.15, 0.2) is 34.9 Å². The number of aromatic nitrogens is 1. The van der Waals surface area contributed by atoms with E-state index in [1.807, 2.05) is 19.1 Å². The number of halogens is 1. The van der Waals surface area contributed by atoms with Crippen molar-refractivity contribution in [2.75, 3.05) is 44.3 Å². The van der Waals surface area contributed by atoms with Gasteiger partial charge in [0.2, 0.25) is 0 Å². The predicted molar refractivity (Wildman–Crippen MR) is 107 cm³/mol. The Bertz CT molecular complexity index is 935. The number of nitrogens with zero attached hydrogens (tertiary/aromatic N) is 3. The first-order valence-corrected chi connectivity index (χ1v) is 10.0. The number of thiazole rings is 1. The highest BCUT2D eigenvalue weighted by Gasteiger charge is 2.25. The van der Waals surface area contributed by atoms with Gasteiger partial charge in [0.05, 0.1) is 29.7 Å². The molecule has 4 rings (SSSR count). The summed E-state index contributed by atoms with van der Waals surface area (Å²) in [6, 6.07) is 7.21. The summed E-state index contributed by atoms with van der Waals surface area (Å²) in [5, 5.41) is 1.33. The number of carbonyl (C=O) groups excluding carboxylic acids is 1. The Morgan fingerprint density at radius 2 is 2.15 bits per heavy atom. The molecule has 142 valence electrons. The van der Waals surface area contributed by atoms with Crippen LogP contribution in [-0.4, -0.2) is 55.2 Å². The average molecular weight is 406 g/mol. The Morgan fingerprint density at radius 1 is 1.33 bits per heavy atom. The van der Waals surface area contributed by atoms with Crippen LogP contribution >= 0.6 is 22.9 Å². The Morgan fingerprint density at radius 3 is 2.89 bits per heavy atom. The molecule has 6 nitrogen and oxygen atoms in total. The van der Waals surface area contributed by atoms with Gasteiger partial charge >= 0.3 is 0 Å². The van der Waals surface area contributed by atoms with Crippen molar-refractivity contribution in [3.63, 3.8) is 0 Å². The second-order valence-corrected chi connectivity index (χ2v) is 7.82. The third kappa shape index (κ3) is 3.87. The zero-order chi connectivity index (χ0) is 18.8. The maximum Gasteiger partial charge on any atom is 0.295 e. The lowest BCUT2D eigenvalue weighted by molar-refractivity contribution is 0.0390. The molecule has 2 aromatic heterocycles. The van der Waals surface area contributed by atoms with Crippen molar-refractivity contribution in [3.05, 3.63) is 46.9 Å². The molecule has 27 heavy (non-hydrogen) atoms. The molecular weight excluding hydrogens is 386 g/mol. The fraction of sp³-hybridized carbons (Fsp3) is 0.368. The quantitative estimate of drug-likeness (QED) is 0.645. The van der Waals surface area contributed by atoms with Crippen molar-refractivity contribution in [1.29, 1.82) is 0 Å². The number of amides is 1. The van der Waals surface area contributed by atoms with Gasteiger partial charge in [-0.1, -0.05) is 22.9 Å². The summed E-state index contributed by atoms with van der Waals surface area (Å²) in [4.78, 5) is 21.8. The minimum Gasteiger partial charge on any atom is -0.459 e. The Kier molecular flexibility index (Phi) is 5.45. The van der Waals surface area contributed by atoms with E-state index in [1.54, 1.807) is 17.0 Å². The number of anilines is 1. The molecule has 1 amide bonds. The number of benzene rings is 1. The zero-order valence-electron chi connectivity index (χ0n) is 15.0. The molecule has 1 saturated heterocycles. The van der Waals surface area contributed by atoms with Gasteiger partial charge in [-0.3, -0.25) is 14.6 Å². The van der Waals surface area contributed by atoms with E-state index in [1.165, 1.54) is 17.6 Å². The van der Waals surface area contributed by atoms with Gasteiger partial charge in [0.15, 0.2) is 10.9 Å². The molecule has 0 radical (unpaired) electrons. The summed E-state index contributed by atoms with van der Waals surface area (Å²) in [5.41, 5.74) is 1.77. The van der Waals surface area contributed by atoms with E-state index < -0.39 is 0 Å². The molecule has 0 unspecified atom stereocenters. The number of ether oxygens (including phenoxy) is 1. The second kappa shape index (κ2) is 7.98. The lowest BCUT2D eigenvalue weighted by atomic mass is 10.2. The topological polar surface area (TPSA) is 58.8 Å². The third-order valence-electron chi connectivity index (χ3n) is 4.69. The molecule has 0 aliphatic carbocycles. The lowest BCUT2D eigenvalue weighted by Gasteiger charge is -2.28. The molecule has 0 saturated carbocycles. The standard InChI is InChI=1S/C19H20ClN3O3S/c1-13-14(20)4-5-16-17(13)21-19(27-16)23(18(24)15-3-2-10-26-15)7-6-22-8-11-25-12-9-22/h2-5,10H,6-9,11-12H2,1H3. The van der Waals surface area contributed by atoms with Crippen molar-refractivity contribution in [2.24, 2.45) is 0 Å². The van der Waals surface area contributed by atoms with E-state index in [4.69, 9.17) is 25.7 Å². The van der Waals surface area contributed by atoms with Gasteiger partial charge in [-0.2, -0.15) is 0 Å². The number of hydrogen-bond donors (Lipinski definition) is 0. The number of fused-ring (bicyclic) bond motifs is 1. The van der Waals surface area contributed by atoms with E-state index in [9.17, 15) is 4.79 Å². The molecule has 0 atom stereocenters. The maximum absolute atomic E-state index is 13.0. The van der Waals surface area contributed by atoms with Crippen molar-refractivity contribution < 1.29 is 13.9 Å². The fourth-order valence-electron chi connectivity index (χ4n) is 3.09. The molecule has 3 aromatic rings. The molecule has 0 spiro atoms. The highest BCUT2D eigenvalue weighted by atomic mass is 35.5. The summed E-state index contributed by atoms with van der Waals surface area (Å²) < 4.78 is 11.7. The minimum absolute atomic E-state index is 0.184. The van der Waals surface area contributed by atoms with Crippen LogP contribution in [0.1, 0.15) is 16.1 Å². The van der Waals surface area contributed by atoms with Gasteiger partial charge in [-0.25, -0.2) is 4.98 Å². The van der Waals surface area contributed by atoms with E-state index in [2.05, 4.69) is 4.90 Å². The van der Waals surface area contributed by atoms with Crippen LogP contribution in [0.3, 0.4) is 0 Å². The highest BCUT2D eigenvalue weighted by Crippen LogP contribution is 2.34. The van der Waals surface area contributed by atoms with Gasteiger partial charge in [-0.15, -0.1) is 0 Å². The van der Waals surface area contributed by atoms with Gasteiger partial charge in [0, 0.05) is 31.2 Å². The summed E-state index contributed by atoms with van der Waals surface area (Å²) in [6.45, 7) is 6.43. The first-order chi connectivity index (χ1) is 13.1. The molecule has 0 bridgehead atoms. The molecule has 1 aliphatic rings. The van der Waals surface area contributed by atoms with Crippen molar-refractivity contribution in [2.45, 2.75) is 6.92 Å². The average Bonchev–Trinajstić information content (AvgIpc) is 3.36. The van der Waals surface area contributed by atoms with Crippen molar-refractivity contribution in [3.8, 4) is 0 Å². The maximum atomic E-state index is 13.0. The summed E-state index contributed by atoms with van der Waals surface area (Å²) >= 11 is 7.72. The number of aryl methyl sites for hydroxylation is 1. The number of furan rings is 1. The first-order valence-electron chi connectivity index (χ1n) is 8.84. The molecule has 0 N–H and O–H groups in total. The van der Waals surface area contributed by atoms with Crippen molar-refractivity contribution in [1.82, 2.24) is 9.88 Å². The van der Waals surface area contributed by atoms with Crippen LogP contribution in [0, 0.1) is 6.92 Å². The summed E-state index contributed by atoms with van der Waals surface area (Å²) in [7, 11) is 0. The van der Waals surface area contributed by atoms with E-state index >= 15 is 0 Å². The van der Waals surface area contributed by atoms with Crippen LogP contribution in [0.25, 0.3) is 10.2 Å². The van der Waals surface area contributed by atoms with Gasteiger partial charge in [0.1, 0.15) is 0 Å². The SMILES string of the molecule is Cc1c(Cl)ccc2sc(N(CCN3CCOCC3)C(=O)c3ccco3)nc12. The second-order valence-electron chi connectivity index (χ2n) is 6.40. The van der Waals surface area contributed by atoms with Gasteiger partial charge < -0.3 is 9.15 Å². The number of carbonyl (C=O) groups is 1. The molecular formula is C19H20ClN3O3S. The third-order valence-corrected chi connectivity index (χ3v) is 6.14. The van der Waals surface area contributed by atoms with Crippen molar-refractivity contribution >= 4 is 44.2 Å². The molecule has 1 aromatic carbocycles. The van der Waals surface area contributed by atoms with Gasteiger partial charge in [0.25, 0.3) is 5.91 Å². The Balaban J connectivity index is 1.64. The monoisotopic (exact) mass is 405 g/mol. The number of morpholine rings is 1. The number of hydrogen-bond acceptors (Lipinski definition) is 6. The van der Waals surface area contributed by atoms with Gasteiger partial charge in [-0.05, 0) is 36.8 Å². The van der Waals surface area contributed by atoms with Crippen LogP contribution in [0.4, 0.5) is 5.13 Å². The zero-order valence-corrected chi connectivity index (χ0v) is 16.6. The molecule has 8 heteroatoms. The normalized spacial score (nSPS) is 15.3. The minimum atomic E-state index is -0.184. The Hall–Kier alpha value is -1.93. The van der Waals surface area contributed by atoms with E-state index in [0.717, 1.165) is 48.6 Å². The summed E-state index contributed by atoms with van der Waals surface area (Å²) in [5.74, 6) is 0.127. The number of rotatable bonds is 5. The molecule has 1 fully saturated rings. The molecule has 3 heterocycles. The summed E-state index contributed by atoms with van der Waals surface area (Å²) in [6.07, 6.45) is 1.51. The van der Waals surface area contributed by atoms with Crippen LogP contribution in [0.2, 0.25) is 5.02 Å². The lowest BCUT2D eigenvalue weighted by Crippen LogP contribution is -2.43. The first kappa shape index (κ1) is 18.4.